The maximum absolute atomic E-state index is 12.2. The molecule has 0 saturated carbocycles. The van der Waals surface area contributed by atoms with Gasteiger partial charge in [-0.2, -0.15) is 5.10 Å². The summed E-state index contributed by atoms with van der Waals surface area (Å²) in [5.74, 6) is 0.527. The third kappa shape index (κ3) is 3.21. The highest BCUT2D eigenvalue weighted by molar-refractivity contribution is 5.95. The minimum atomic E-state index is -0.176. The standard InChI is InChI=1S/C19H25N7O2/c1-11(27)26-8-6-13(7-9-26)22-19-21-10-12-4-5-14-16(18(28)20-2)24-25(3)17(14)15(12)23-19/h10,13H,4-9H2,1-3H3,(H,20,28)(H,21,22,23). The van der Waals surface area contributed by atoms with Crippen LogP contribution >= 0.6 is 0 Å². The maximum Gasteiger partial charge on any atom is 0.271 e. The van der Waals surface area contributed by atoms with Crippen molar-refractivity contribution in [3.63, 3.8) is 0 Å². The van der Waals surface area contributed by atoms with Gasteiger partial charge in [-0.15, -0.1) is 0 Å². The van der Waals surface area contributed by atoms with Gasteiger partial charge in [0.05, 0.1) is 11.4 Å². The predicted octanol–water partition coefficient (Wildman–Crippen LogP) is 0.758. The van der Waals surface area contributed by atoms with Crippen LogP contribution in [0.25, 0.3) is 11.4 Å². The zero-order valence-corrected chi connectivity index (χ0v) is 16.4. The monoisotopic (exact) mass is 383 g/mol. The number of likely N-dealkylation sites (tertiary alicyclic amines) is 1. The van der Waals surface area contributed by atoms with Gasteiger partial charge in [0.1, 0.15) is 0 Å². The van der Waals surface area contributed by atoms with Gasteiger partial charge >= 0.3 is 0 Å². The first-order valence-electron chi connectivity index (χ1n) is 9.64. The van der Waals surface area contributed by atoms with E-state index in [0.717, 1.165) is 61.3 Å². The summed E-state index contributed by atoms with van der Waals surface area (Å²) in [4.78, 5) is 34.8. The molecule has 0 spiro atoms. The Bertz CT molecular complexity index is 929. The minimum absolute atomic E-state index is 0.124. The quantitative estimate of drug-likeness (QED) is 0.811. The summed E-state index contributed by atoms with van der Waals surface area (Å²) >= 11 is 0. The molecule has 3 heterocycles. The fourth-order valence-electron chi connectivity index (χ4n) is 4.05. The highest BCUT2D eigenvalue weighted by Crippen LogP contribution is 2.34. The van der Waals surface area contributed by atoms with E-state index in [-0.39, 0.29) is 17.9 Å². The van der Waals surface area contributed by atoms with Gasteiger partial charge in [0.15, 0.2) is 5.69 Å². The van der Waals surface area contributed by atoms with E-state index >= 15 is 0 Å². The van der Waals surface area contributed by atoms with Crippen LogP contribution in [0.3, 0.4) is 0 Å². The Kier molecular flexibility index (Phi) is 4.74. The Balaban J connectivity index is 1.58. The van der Waals surface area contributed by atoms with E-state index < -0.39 is 0 Å². The third-order valence-electron chi connectivity index (χ3n) is 5.59. The number of aromatic nitrogens is 4. The summed E-state index contributed by atoms with van der Waals surface area (Å²) in [6.07, 6.45) is 5.15. The first kappa shape index (κ1) is 18.4. The molecule has 0 aromatic carbocycles. The first-order valence-corrected chi connectivity index (χ1v) is 9.64. The number of hydrogen-bond donors (Lipinski definition) is 2. The normalized spacial score (nSPS) is 16.3. The molecular weight excluding hydrogens is 358 g/mol. The van der Waals surface area contributed by atoms with Crippen molar-refractivity contribution in [1.29, 1.82) is 0 Å². The van der Waals surface area contributed by atoms with Gasteiger partial charge in [-0.05, 0) is 31.2 Å². The molecule has 0 unspecified atom stereocenters. The Morgan fingerprint density at radius 3 is 2.64 bits per heavy atom. The van der Waals surface area contributed by atoms with Crippen LogP contribution in [-0.4, -0.2) is 62.6 Å². The number of amides is 2. The van der Waals surface area contributed by atoms with Crippen LogP contribution in [0.4, 0.5) is 5.95 Å². The number of carbonyl (C=O) groups is 2. The predicted molar refractivity (Wildman–Crippen MR) is 104 cm³/mol. The topological polar surface area (TPSA) is 105 Å². The van der Waals surface area contributed by atoms with Crippen molar-refractivity contribution in [2.45, 2.75) is 38.6 Å². The van der Waals surface area contributed by atoms with Crippen LogP contribution in [0, 0.1) is 0 Å². The van der Waals surface area contributed by atoms with Crippen molar-refractivity contribution in [2.24, 2.45) is 7.05 Å². The van der Waals surface area contributed by atoms with Crippen molar-refractivity contribution >= 4 is 17.8 Å². The number of nitrogens with one attached hydrogen (secondary N) is 2. The fraction of sp³-hybridized carbons (Fsp3) is 0.526. The van der Waals surface area contributed by atoms with E-state index in [2.05, 4.69) is 20.7 Å². The van der Waals surface area contributed by atoms with Crippen molar-refractivity contribution in [2.75, 3.05) is 25.5 Å². The zero-order valence-electron chi connectivity index (χ0n) is 16.4. The molecule has 2 aromatic rings. The van der Waals surface area contributed by atoms with E-state index in [4.69, 9.17) is 4.98 Å². The first-order chi connectivity index (χ1) is 13.5. The Labute approximate surface area is 163 Å². The average molecular weight is 383 g/mol. The molecule has 2 amide bonds. The number of anilines is 1. The number of carbonyl (C=O) groups excluding carboxylic acids is 2. The molecule has 0 bridgehead atoms. The molecule has 1 aliphatic carbocycles. The molecule has 2 aliphatic rings. The molecule has 4 rings (SSSR count). The summed E-state index contributed by atoms with van der Waals surface area (Å²) in [5.41, 5.74) is 4.20. The van der Waals surface area contributed by atoms with Gasteiger partial charge in [0.2, 0.25) is 11.9 Å². The molecule has 0 radical (unpaired) electrons. The molecule has 148 valence electrons. The molecule has 1 saturated heterocycles. The summed E-state index contributed by atoms with van der Waals surface area (Å²) in [6, 6.07) is 0.240. The molecule has 1 fully saturated rings. The second-order valence-electron chi connectivity index (χ2n) is 7.37. The van der Waals surface area contributed by atoms with Gasteiger partial charge in [-0.3, -0.25) is 14.3 Å². The molecule has 1 aliphatic heterocycles. The van der Waals surface area contributed by atoms with E-state index in [1.165, 1.54) is 0 Å². The van der Waals surface area contributed by atoms with Crippen molar-refractivity contribution in [3.05, 3.63) is 23.0 Å². The summed E-state index contributed by atoms with van der Waals surface area (Å²) in [7, 11) is 3.45. The highest BCUT2D eigenvalue weighted by atomic mass is 16.2. The Morgan fingerprint density at radius 1 is 1.21 bits per heavy atom. The Hall–Kier alpha value is -2.97. The minimum Gasteiger partial charge on any atom is -0.354 e. The van der Waals surface area contributed by atoms with E-state index in [9.17, 15) is 9.59 Å². The lowest BCUT2D eigenvalue weighted by Gasteiger charge is -2.31. The second kappa shape index (κ2) is 7.21. The lowest BCUT2D eigenvalue weighted by Crippen LogP contribution is -2.41. The second-order valence-corrected chi connectivity index (χ2v) is 7.37. The molecule has 2 aromatic heterocycles. The summed E-state index contributed by atoms with van der Waals surface area (Å²) in [6.45, 7) is 3.11. The smallest absolute Gasteiger partial charge is 0.271 e. The summed E-state index contributed by atoms with van der Waals surface area (Å²) < 4.78 is 1.74. The SMILES string of the molecule is CNC(=O)c1nn(C)c2c1CCc1cnc(NC3CCN(C(C)=O)CC3)nc1-2. The fourth-order valence-corrected chi connectivity index (χ4v) is 4.05. The molecule has 2 N–H and O–H groups in total. The van der Waals surface area contributed by atoms with Crippen molar-refractivity contribution < 1.29 is 9.59 Å². The van der Waals surface area contributed by atoms with Crippen LogP contribution in [-0.2, 0) is 24.7 Å². The van der Waals surface area contributed by atoms with Crippen LogP contribution in [0.15, 0.2) is 6.20 Å². The lowest BCUT2D eigenvalue weighted by molar-refractivity contribution is -0.129. The maximum atomic E-state index is 12.2. The summed E-state index contributed by atoms with van der Waals surface area (Å²) in [5, 5.41) is 10.5. The number of piperidine rings is 1. The van der Waals surface area contributed by atoms with Gasteiger partial charge in [0.25, 0.3) is 5.91 Å². The molecule has 9 heteroatoms. The molecule has 0 atom stereocenters. The van der Waals surface area contributed by atoms with Crippen molar-refractivity contribution in [3.8, 4) is 11.4 Å². The Morgan fingerprint density at radius 2 is 1.96 bits per heavy atom. The van der Waals surface area contributed by atoms with Gasteiger partial charge in [-0.1, -0.05) is 0 Å². The van der Waals surface area contributed by atoms with E-state index in [1.807, 2.05) is 18.1 Å². The number of rotatable bonds is 3. The van der Waals surface area contributed by atoms with Gasteiger partial charge in [-0.25, -0.2) is 9.97 Å². The van der Waals surface area contributed by atoms with E-state index in [0.29, 0.717) is 11.6 Å². The molecular formula is C19H25N7O2. The van der Waals surface area contributed by atoms with Crippen LogP contribution in [0.5, 0.6) is 0 Å². The highest BCUT2D eigenvalue weighted by Gasteiger charge is 2.29. The average Bonchev–Trinajstić information content (AvgIpc) is 3.05. The number of aryl methyl sites for hydroxylation is 2. The van der Waals surface area contributed by atoms with Crippen LogP contribution in [0.1, 0.15) is 41.4 Å². The van der Waals surface area contributed by atoms with Crippen LogP contribution < -0.4 is 10.6 Å². The largest absolute Gasteiger partial charge is 0.354 e. The third-order valence-corrected chi connectivity index (χ3v) is 5.59. The van der Waals surface area contributed by atoms with Crippen LogP contribution in [0.2, 0.25) is 0 Å². The zero-order chi connectivity index (χ0) is 19.8. The van der Waals surface area contributed by atoms with Gasteiger partial charge < -0.3 is 15.5 Å². The van der Waals surface area contributed by atoms with E-state index in [1.54, 1.807) is 18.7 Å². The number of fused-ring (bicyclic) bond motifs is 3. The lowest BCUT2D eigenvalue weighted by atomic mass is 9.93. The molecule has 28 heavy (non-hydrogen) atoms. The number of hydrogen-bond acceptors (Lipinski definition) is 6. The van der Waals surface area contributed by atoms with Crippen molar-refractivity contribution in [1.82, 2.24) is 30.0 Å². The number of nitrogens with zero attached hydrogens (tertiary/aromatic N) is 5. The molecule has 9 nitrogen and oxygen atoms in total. The van der Waals surface area contributed by atoms with Gasteiger partial charge in [0, 0.05) is 51.9 Å².